The Labute approximate surface area is 149 Å². The van der Waals surface area contributed by atoms with Crippen LogP contribution in [0.5, 0.6) is 5.75 Å². The predicted octanol–water partition coefficient (Wildman–Crippen LogP) is 2.22. The third-order valence-corrected chi connectivity index (χ3v) is 3.85. The van der Waals surface area contributed by atoms with E-state index in [-0.39, 0.29) is 17.7 Å². The highest BCUT2D eigenvalue weighted by atomic mass is 19.1. The highest BCUT2D eigenvalue weighted by Gasteiger charge is 2.26. The Hall–Kier alpha value is -2.31. The fourth-order valence-corrected chi connectivity index (χ4v) is 2.25. The van der Waals surface area contributed by atoms with Crippen molar-refractivity contribution in [1.29, 1.82) is 0 Å². The van der Waals surface area contributed by atoms with E-state index in [1.165, 1.54) is 13.2 Å². The molecule has 0 saturated carbocycles. The Bertz CT molecular complexity index is 617. The van der Waals surface area contributed by atoms with Crippen LogP contribution >= 0.6 is 0 Å². The maximum absolute atomic E-state index is 13.9. The summed E-state index contributed by atoms with van der Waals surface area (Å²) in [7, 11) is 3.04. The molecule has 1 aromatic rings. The number of hydrogen-bond donors (Lipinski definition) is 3. The van der Waals surface area contributed by atoms with Crippen molar-refractivity contribution in [2.75, 3.05) is 27.2 Å². The van der Waals surface area contributed by atoms with Gasteiger partial charge in [0.05, 0.1) is 25.1 Å². The van der Waals surface area contributed by atoms with Gasteiger partial charge < -0.3 is 20.7 Å². The summed E-state index contributed by atoms with van der Waals surface area (Å²) >= 11 is 0. The maximum atomic E-state index is 13.9. The number of benzene rings is 1. The average molecular weight is 352 g/mol. The number of amides is 1. The second-order valence-electron chi connectivity index (χ2n) is 6.42. The van der Waals surface area contributed by atoms with E-state index in [1.54, 1.807) is 19.2 Å². The minimum absolute atomic E-state index is 0.0719. The van der Waals surface area contributed by atoms with Crippen molar-refractivity contribution in [3.05, 3.63) is 29.6 Å². The molecule has 7 heteroatoms. The van der Waals surface area contributed by atoms with Crippen LogP contribution in [0.4, 0.5) is 4.39 Å². The minimum atomic E-state index is -0.618. The Morgan fingerprint density at radius 1 is 1.40 bits per heavy atom. The number of aliphatic imine (C=N–C) groups is 1. The standard InChI is InChI=1S/C18H29FN4O2/c1-7-21-17(22-11-18(3,4)16(24)20-5)23-12(2)13-8-9-15(25-6)14(19)10-13/h8-10,12H,7,11H2,1-6H3,(H,20,24)(H2,21,22,23). The second-order valence-corrected chi connectivity index (χ2v) is 6.42. The highest BCUT2D eigenvalue weighted by Crippen LogP contribution is 2.21. The van der Waals surface area contributed by atoms with E-state index in [1.807, 2.05) is 27.7 Å². The number of methoxy groups -OCH3 is 1. The number of nitrogens with zero attached hydrogens (tertiary/aromatic N) is 1. The van der Waals surface area contributed by atoms with E-state index in [4.69, 9.17) is 4.74 Å². The number of guanidine groups is 1. The summed E-state index contributed by atoms with van der Waals surface area (Å²) in [6.07, 6.45) is 0. The van der Waals surface area contributed by atoms with E-state index in [0.29, 0.717) is 19.0 Å². The lowest BCUT2D eigenvalue weighted by Gasteiger charge is -2.22. The van der Waals surface area contributed by atoms with Gasteiger partial charge in [-0.3, -0.25) is 9.79 Å². The zero-order valence-corrected chi connectivity index (χ0v) is 15.9. The molecular weight excluding hydrogens is 323 g/mol. The SMILES string of the molecule is CCNC(=NCC(C)(C)C(=O)NC)NC(C)c1ccc(OC)c(F)c1. The largest absolute Gasteiger partial charge is 0.494 e. The molecule has 0 radical (unpaired) electrons. The zero-order chi connectivity index (χ0) is 19.0. The van der Waals surface area contributed by atoms with Crippen molar-refractivity contribution in [2.45, 2.75) is 33.7 Å². The number of rotatable bonds is 7. The molecule has 140 valence electrons. The maximum Gasteiger partial charge on any atom is 0.227 e. The van der Waals surface area contributed by atoms with Crippen LogP contribution in [-0.4, -0.2) is 39.1 Å². The van der Waals surface area contributed by atoms with Crippen LogP contribution in [0.2, 0.25) is 0 Å². The third kappa shape index (κ3) is 5.92. The molecule has 25 heavy (non-hydrogen) atoms. The Balaban J connectivity index is 2.87. The summed E-state index contributed by atoms with van der Waals surface area (Å²) in [6.45, 7) is 8.54. The zero-order valence-electron chi connectivity index (χ0n) is 15.9. The van der Waals surface area contributed by atoms with Gasteiger partial charge in [0, 0.05) is 13.6 Å². The molecule has 0 aliphatic rings. The highest BCUT2D eigenvalue weighted by molar-refractivity contribution is 5.83. The number of hydrogen-bond acceptors (Lipinski definition) is 3. The molecule has 1 unspecified atom stereocenters. The van der Waals surface area contributed by atoms with Crippen molar-refractivity contribution in [3.63, 3.8) is 0 Å². The van der Waals surface area contributed by atoms with E-state index in [9.17, 15) is 9.18 Å². The molecule has 1 atom stereocenters. The fraction of sp³-hybridized carbons (Fsp3) is 0.556. The Morgan fingerprint density at radius 2 is 2.08 bits per heavy atom. The first kappa shape index (κ1) is 20.7. The third-order valence-electron chi connectivity index (χ3n) is 3.85. The fourth-order valence-electron chi connectivity index (χ4n) is 2.25. The van der Waals surface area contributed by atoms with Gasteiger partial charge in [-0.15, -0.1) is 0 Å². The van der Waals surface area contributed by atoms with Crippen LogP contribution < -0.4 is 20.7 Å². The number of halogens is 1. The van der Waals surface area contributed by atoms with Crippen molar-refractivity contribution in [2.24, 2.45) is 10.4 Å². The summed E-state index contributed by atoms with van der Waals surface area (Å²) in [5.74, 6) is 0.306. The van der Waals surface area contributed by atoms with E-state index >= 15 is 0 Å². The van der Waals surface area contributed by atoms with Crippen LogP contribution in [0.1, 0.15) is 39.3 Å². The number of carbonyl (C=O) groups excluding carboxylic acids is 1. The molecule has 0 aromatic heterocycles. The molecule has 0 aliphatic carbocycles. The molecule has 0 heterocycles. The van der Waals surface area contributed by atoms with Crippen LogP contribution in [0.3, 0.4) is 0 Å². The smallest absolute Gasteiger partial charge is 0.227 e. The van der Waals surface area contributed by atoms with Crippen LogP contribution in [0.15, 0.2) is 23.2 Å². The molecule has 6 nitrogen and oxygen atoms in total. The van der Waals surface area contributed by atoms with Gasteiger partial charge in [-0.05, 0) is 45.4 Å². The van der Waals surface area contributed by atoms with Crippen LogP contribution in [0.25, 0.3) is 0 Å². The molecule has 0 fully saturated rings. The van der Waals surface area contributed by atoms with E-state index in [0.717, 1.165) is 5.56 Å². The molecule has 1 aromatic carbocycles. The van der Waals surface area contributed by atoms with Gasteiger partial charge in [-0.1, -0.05) is 6.07 Å². The summed E-state index contributed by atoms with van der Waals surface area (Å²) in [6, 6.07) is 4.68. The van der Waals surface area contributed by atoms with Crippen molar-refractivity contribution in [1.82, 2.24) is 16.0 Å². The first-order valence-electron chi connectivity index (χ1n) is 8.35. The molecule has 1 amide bonds. The van der Waals surface area contributed by atoms with Gasteiger partial charge >= 0.3 is 0 Å². The molecular formula is C18H29FN4O2. The molecule has 3 N–H and O–H groups in total. The van der Waals surface area contributed by atoms with Gasteiger partial charge in [0.25, 0.3) is 0 Å². The van der Waals surface area contributed by atoms with Crippen LogP contribution in [-0.2, 0) is 4.79 Å². The average Bonchev–Trinajstić information content (AvgIpc) is 2.58. The topological polar surface area (TPSA) is 74.8 Å². The Kier molecular flexibility index (Phi) is 7.67. The van der Waals surface area contributed by atoms with Crippen molar-refractivity contribution < 1.29 is 13.9 Å². The van der Waals surface area contributed by atoms with Gasteiger partial charge in [0.15, 0.2) is 17.5 Å². The predicted molar refractivity (Wildman–Crippen MR) is 98.3 cm³/mol. The van der Waals surface area contributed by atoms with Crippen molar-refractivity contribution >= 4 is 11.9 Å². The molecule has 1 rings (SSSR count). The van der Waals surface area contributed by atoms with Gasteiger partial charge in [0.2, 0.25) is 5.91 Å². The summed E-state index contributed by atoms with van der Waals surface area (Å²) in [4.78, 5) is 16.4. The van der Waals surface area contributed by atoms with Crippen LogP contribution in [0, 0.1) is 11.2 Å². The number of nitrogens with one attached hydrogen (secondary N) is 3. The quantitative estimate of drug-likeness (QED) is 0.520. The van der Waals surface area contributed by atoms with Gasteiger partial charge in [-0.2, -0.15) is 0 Å². The first-order chi connectivity index (χ1) is 11.7. The molecule has 0 spiro atoms. The summed E-state index contributed by atoms with van der Waals surface area (Å²) in [5.41, 5.74) is 0.154. The van der Waals surface area contributed by atoms with Gasteiger partial charge in [0.1, 0.15) is 0 Å². The lowest BCUT2D eigenvalue weighted by atomic mass is 9.93. The Morgan fingerprint density at radius 3 is 2.60 bits per heavy atom. The normalized spacial score (nSPS) is 13.2. The number of carbonyl (C=O) groups is 1. The summed E-state index contributed by atoms with van der Waals surface area (Å²) < 4.78 is 18.8. The minimum Gasteiger partial charge on any atom is -0.494 e. The van der Waals surface area contributed by atoms with E-state index in [2.05, 4.69) is 20.9 Å². The lowest BCUT2D eigenvalue weighted by Crippen LogP contribution is -2.41. The molecule has 0 saturated heterocycles. The summed E-state index contributed by atoms with van der Waals surface area (Å²) in [5, 5.41) is 9.01. The number of ether oxygens (including phenoxy) is 1. The first-order valence-corrected chi connectivity index (χ1v) is 8.35. The van der Waals surface area contributed by atoms with E-state index < -0.39 is 11.2 Å². The lowest BCUT2D eigenvalue weighted by molar-refractivity contribution is -0.128. The molecule has 0 aliphatic heterocycles. The monoisotopic (exact) mass is 352 g/mol. The van der Waals surface area contributed by atoms with Gasteiger partial charge in [-0.25, -0.2) is 4.39 Å². The van der Waals surface area contributed by atoms with Crippen molar-refractivity contribution in [3.8, 4) is 5.75 Å². The molecule has 0 bridgehead atoms. The second kappa shape index (κ2) is 9.25.